The summed E-state index contributed by atoms with van der Waals surface area (Å²) in [6, 6.07) is 23.2. The summed E-state index contributed by atoms with van der Waals surface area (Å²) in [5, 5.41) is 4.89. The van der Waals surface area contributed by atoms with Gasteiger partial charge in [0.15, 0.2) is 0 Å². The molecule has 5 nitrogen and oxygen atoms in total. The van der Waals surface area contributed by atoms with E-state index in [1.165, 1.54) is 11.3 Å². The number of carbonyl (C=O) groups is 1. The SMILES string of the molecule is C=CN(C)c1ccc(-c2ccc(OC)c(CN(C(=O)c3sc4ccccc4c3Cl)C3CCC(NC)CC3)c2)cc1. The standard InChI is InChI=1S/C33H36ClN3O2S/c1-5-36(3)26-15-10-22(11-16-26)23-12-19-29(39-4)24(20-23)21-37(27-17-13-25(35-2)14-18-27)33(38)32-31(34)28-8-6-7-9-30(28)40-32/h5-12,15-16,19-20,25,27,35H,1,13-14,17-18,21H2,2-4H3. The number of thiophene rings is 1. The van der Waals surface area contributed by atoms with E-state index in [1.807, 2.05) is 54.2 Å². The fourth-order valence-corrected chi connectivity index (χ4v) is 7.05. The number of rotatable bonds is 9. The molecule has 0 radical (unpaired) electrons. The molecule has 5 rings (SSSR count). The van der Waals surface area contributed by atoms with Crippen LogP contribution in [-0.4, -0.2) is 44.1 Å². The predicted octanol–water partition coefficient (Wildman–Crippen LogP) is 7.98. The number of benzene rings is 3. The van der Waals surface area contributed by atoms with Crippen LogP contribution in [0.2, 0.25) is 5.02 Å². The third-order valence-electron chi connectivity index (χ3n) is 8.04. The Morgan fingerprint density at radius 2 is 1.77 bits per heavy atom. The van der Waals surface area contributed by atoms with Crippen molar-refractivity contribution in [3.8, 4) is 16.9 Å². The monoisotopic (exact) mass is 573 g/mol. The van der Waals surface area contributed by atoms with Crippen molar-refractivity contribution in [3.63, 3.8) is 0 Å². The molecule has 0 bridgehead atoms. The van der Waals surface area contributed by atoms with E-state index in [0.717, 1.165) is 63.9 Å². The van der Waals surface area contributed by atoms with Gasteiger partial charge in [-0.25, -0.2) is 0 Å². The van der Waals surface area contributed by atoms with Crippen LogP contribution in [0.25, 0.3) is 21.2 Å². The number of amides is 1. The van der Waals surface area contributed by atoms with E-state index in [2.05, 4.69) is 48.3 Å². The first-order valence-corrected chi connectivity index (χ1v) is 14.9. The van der Waals surface area contributed by atoms with Crippen LogP contribution in [0, 0.1) is 0 Å². The summed E-state index contributed by atoms with van der Waals surface area (Å²) >= 11 is 8.29. The smallest absolute Gasteiger partial charge is 0.266 e. The second-order valence-corrected chi connectivity index (χ2v) is 11.8. The van der Waals surface area contributed by atoms with E-state index in [1.54, 1.807) is 13.3 Å². The second kappa shape index (κ2) is 12.5. The maximum Gasteiger partial charge on any atom is 0.266 e. The molecule has 0 unspecified atom stereocenters. The van der Waals surface area contributed by atoms with E-state index in [9.17, 15) is 4.79 Å². The number of fused-ring (bicyclic) bond motifs is 1. The van der Waals surface area contributed by atoms with Crippen molar-refractivity contribution in [2.24, 2.45) is 0 Å². The number of carbonyl (C=O) groups excluding carboxylic acids is 1. The maximum atomic E-state index is 14.3. The highest BCUT2D eigenvalue weighted by Crippen LogP contribution is 2.38. The third kappa shape index (κ3) is 5.75. The Labute approximate surface area is 246 Å². The van der Waals surface area contributed by atoms with Gasteiger partial charge < -0.3 is 19.9 Å². The van der Waals surface area contributed by atoms with Gasteiger partial charge in [-0.2, -0.15) is 0 Å². The molecule has 7 heteroatoms. The quantitative estimate of drug-likeness (QED) is 0.220. The summed E-state index contributed by atoms with van der Waals surface area (Å²) in [6.45, 7) is 4.30. The average molecular weight is 574 g/mol. The van der Waals surface area contributed by atoms with Crippen molar-refractivity contribution >= 4 is 44.6 Å². The molecule has 4 aromatic rings. The lowest BCUT2D eigenvalue weighted by atomic mass is 9.89. The molecule has 0 spiro atoms. The molecule has 1 heterocycles. The lowest BCUT2D eigenvalue weighted by Gasteiger charge is -2.37. The molecule has 1 aliphatic carbocycles. The van der Waals surface area contributed by atoms with Gasteiger partial charge in [0.05, 0.1) is 12.1 Å². The van der Waals surface area contributed by atoms with Gasteiger partial charge in [0.1, 0.15) is 10.6 Å². The molecular formula is C33H36ClN3O2S. The Morgan fingerprint density at radius 3 is 2.42 bits per heavy atom. The van der Waals surface area contributed by atoms with Crippen LogP contribution < -0.4 is 15.0 Å². The number of halogens is 1. The number of anilines is 1. The summed E-state index contributed by atoms with van der Waals surface area (Å²) < 4.78 is 6.82. The highest BCUT2D eigenvalue weighted by atomic mass is 35.5. The minimum atomic E-state index is -0.0108. The zero-order valence-electron chi connectivity index (χ0n) is 23.3. The van der Waals surface area contributed by atoms with Crippen LogP contribution in [0.3, 0.4) is 0 Å². The summed E-state index contributed by atoms with van der Waals surface area (Å²) in [7, 11) is 5.68. The number of nitrogens with zero attached hydrogens (tertiary/aromatic N) is 2. The van der Waals surface area contributed by atoms with Gasteiger partial charge in [-0.15, -0.1) is 11.3 Å². The van der Waals surface area contributed by atoms with Gasteiger partial charge in [-0.3, -0.25) is 4.79 Å². The highest BCUT2D eigenvalue weighted by Gasteiger charge is 2.32. The molecule has 208 valence electrons. The second-order valence-electron chi connectivity index (χ2n) is 10.3. The van der Waals surface area contributed by atoms with Crippen LogP contribution in [0.4, 0.5) is 5.69 Å². The van der Waals surface area contributed by atoms with Crippen LogP contribution in [0.15, 0.2) is 79.5 Å². The van der Waals surface area contributed by atoms with Gasteiger partial charge in [0.25, 0.3) is 5.91 Å². The molecule has 3 aromatic carbocycles. The molecule has 0 atom stereocenters. The van der Waals surface area contributed by atoms with Crippen molar-refractivity contribution < 1.29 is 9.53 Å². The number of methoxy groups -OCH3 is 1. The van der Waals surface area contributed by atoms with Crippen LogP contribution in [0.1, 0.15) is 40.9 Å². The van der Waals surface area contributed by atoms with E-state index in [0.29, 0.717) is 22.5 Å². The number of nitrogens with one attached hydrogen (secondary N) is 1. The molecular weight excluding hydrogens is 538 g/mol. The minimum Gasteiger partial charge on any atom is -0.496 e. The van der Waals surface area contributed by atoms with Gasteiger partial charge in [0, 0.05) is 47.0 Å². The Hall–Kier alpha value is -3.32. The highest BCUT2D eigenvalue weighted by molar-refractivity contribution is 7.21. The first-order chi connectivity index (χ1) is 19.4. The first-order valence-electron chi connectivity index (χ1n) is 13.7. The van der Waals surface area contributed by atoms with Crippen molar-refractivity contribution in [1.29, 1.82) is 0 Å². The topological polar surface area (TPSA) is 44.8 Å². The summed E-state index contributed by atoms with van der Waals surface area (Å²) in [5.41, 5.74) is 4.23. The number of hydrogen-bond acceptors (Lipinski definition) is 5. The Kier molecular flexibility index (Phi) is 8.79. The van der Waals surface area contributed by atoms with Crippen LogP contribution >= 0.6 is 22.9 Å². The van der Waals surface area contributed by atoms with Gasteiger partial charge >= 0.3 is 0 Å². The lowest BCUT2D eigenvalue weighted by Crippen LogP contribution is -2.44. The first kappa shape index (κ1) is 28.2. The Bertz CT molecular complexity index is 1490. The van der Waals surface area contributed by atoms with Crippen molar-refractivity contribution in [2.75, 3.05) is 26.1 Å². The molecule has 0 aliphatic heterocycles. The van der Waals surface area contributed by atoms with Gasteiger partial charge in [0.2, 0.25) is 0 Å². The van der Waals surface area contributed by atoms with E-state index in [4.69, 9.17) is 16.3 Å². The molecule has 1 saturated carbocycles. The third-order valence-corrected chi connectivity index (χ3v) is 9.70. The molecule has 1 fully saturated rings. The van der Waals surface area contributed by atoms with Gasteiger partial charge in [-0.1, -0.05) is 54.6 Å². The molecule has 1 aliphatic rings. The largest absolute Gasteiger partial charge is 0.496 e. The normalized spacial score (nSPS) is 17.0. The zero-order chi connectivity index (χ0) is 28.2. The number of ether oxygens (including phenoxy) is 1. The predicted molar refractivity (Wildman–Crippen MR) is 169 cm³/mol. The van der Waals surface area contributed by atoms with E-state index in [-0.39, 0.29) is 11.9 Å². The summed E-state index contributed by atoms with van der Waals surface area (Å²) in [6.07, 6.45) is 5.75. The van der Waals surface area contributed by atoms with Crippen LogP contribution in [-0.2, 0) is 6.54 Å². The lowest BCUT2D eigenvalue weighted by molar-refractivity contribution is 0.0604. The summed E-state index contributed by atoms with van der Waals surface area (Å²) in [5.74, 6) is 0.763. The minimum absolute atomic E-state index is 0.0108. The van der Waals surface area contributed by atoms with Crippen molar-refractivity contribution in [1.82, 2.24) is 10.2 Å². The molecule has 40 heavy (non-hydrogen) atoms. The fourth-order valence-electron chi connectivity index (χ4n) is 5.58. The molecule has 0 saturated heterocycles. The molecule has 1 amide bonds. The van der Waals surface area contributed by atoms with E-state index >= 15 is 0 Å². The summed E-state index contributed by atoms with van der Waals surface area (Å²) in [4.78, 5) is 18.9. The average Bonchev–Trinajstić information content (AvgIpc) is 3.35. The van der Waals surface area contributed by atoms with Crippen molar-refractivity contribution in [3.05, 3.63) is 95.0 Å². The van der Waals surface area contributed by atoms with Crippen molar-refractivity contribution in [2.45, 2.75) is 44.3 Å². The zero-order valence-corrected chi connectivity index (χ0v) is 24.9. The van der Waals surface area contributed by atoms with Gasteiger partial charge in [-0.05, 0) is 80.4 Å². The fraction of sp³-hybridized carbons (Fsp3) is 0.303. The molecule has 1 aromatic heterocycles. The van der Waals surface area contributed by atoms with Crippen LogP contribution in [0.5, 0.6) is 5.75 Å². The molecule has 1 N–H and O–H groups in total. The Balaban J connectivity index is 1.50. The van der Waals surface area contributed by atoms with E-state index < -0.39 is 0 Å². The maximum absolute atomic E-state index is 14.3. The number of hydrogen-bond donors (Lipinski definition) is 1. The Morgan fingerprint density at radius 1 is 1.07 bits per heavy atom.